The molecule has 0 saturated carbocycles. The average molecular weight is 249 g/mol. The van der Waals surface area contributed by atoms with Gasteiger partial charge in [-0.2, -0.15) is 0 Å². The molecule has 0 aromatic carbocycles. The van der Waals surface area contributed by atoms with E-state index < -0.39 is 0 Å². The smallest absolute Gasteiger partial charge is 0.219 e. The molecule has 88 valence electrons. The average Bonchev–Trinajstić information content (AvgIpc) is 2.39. The molecule has 0 aliphatic heterocycles. The number of hydrogen-bond donors (Lipinski definition) is 0. The van der Waals surface area contributed by atoms with Crippen molar-refractivity contribution in [2.24, 2.45) is 0 Å². The van der Waals surface area contributed by atoms with Crippen LogP contribution in [-0.2, 0) is 12.3 Å². The van der Waals surface area contributed by atoms with Gasteiger partial charge in [0.1, 0.15) is 5.75 Å². The maximum Gasteiger partial charge on any atom is 0.219 e. The SMILES string of the molecule is CCc1cc(CCl)cc(Oc2cccnc2)n1. The summed E-state index contributed by atoms with van der Waals surface area (Å²) in [5.41, 5.74) is 1.99. The van der Waals surface area contributed by atoms with Crippen molar-refractivity contribution >= 4 is 11.6 Å². The zero-order valence-electron chi connectivity index (χ0n) is 9.56. The Morgan fingerprint density at radius 1 is 1.35 bits per heavy atom. The van der Waals surface area contributed by atoms with Crippen LogP contribution in [-0.4, -0.2) is 9.97 Å². The number of nitrogens with zero attached hydrogens (tertiary/aromatic N) is 2. The summed E-state index contributed by atoms with van der Waals surface area (Å²) in [6.07, 6.45) is 4.21. The van der Waals surface area contributed by atoms with Gasteiger partial charge in [0.05, 0.1) is 6.20 Å². The highest BCUT2D eigenvalue weighted by Gasteiger charge is 2.03. The molecule has 2 aromatic rings. The van der Waals surface area contributed by atoms with Gasteiger partial charge < -0.3 is 4.74 Å². The first-order valence-electron chi connectivity index (χ1n) is 5.45. The molecule has 0 spiro atoms. The normalized spacial score (nSPS) is 10.2. The molecule has 0 amide bonds. The summed E-state index contributed by atoms with van der Waals surface area (Å²) in [4.78, 5) is 8.37. The minimum absolute atomic E-state index is 0.457. The fraction of sp³-hybridized carbons (Fsp3) is 0.231. The largest absolute Gasteiger partial charge is 0.437 e. The van der Waals surface area contributed by atoms with Crippen molar-refractivity contribution in [3.05, 3.63) is 47.9 Å². The number of aromatic nitrogens is 2. The third-order valence-corrected chi connectivity index (χ3v) is 2.60. The highest BCUT2D eigenvalue weighted by atomic mass is 35.5. The lowest BCUT2D eigenvalue weighted by Crippen LogP contribution is -1.95. The zero-order chi connectivity index (χ0) is 12.1. The molecule has 2 rings (SSSR count). The van der Waals surface area contributed by atoms with Crippen LogP contribution in [0.1, 0.15) is 18.2 Å². The number of ether oxygens (including phenoxy) is 1. The second-order valence-electron chi connectivity index (χ2n) is 3.58. The fourth-order valence-corrected chi connectivity index (χ4v) is 1.61. The molecule has 0 aliphatic rings. The number of rotatable bonds is 4. The molecule has 2 heterocycles. The van der Waals surface area contributed by atoms with Crippen molar-refractivity contribution in [3.8, 4) is 11.6 Å². The van der Waals surface area contributed by atoms with E-state index in [4.69, 9.17) is 16.3 Å². The summed E-state index contributed by atoms with van der Waals surface area (Å²) < 4.78 is 5.63. The van der Waals surface area contributed by atoms with Gasteiger partial charge >= 0.3 is 0 Å². The quantitative estimate of drug-likeness (QED) is 0.776. The van der Waals surface area contributed by atoms with Crippen LogP contribution >= 0.6 is 11.6 Å². The van der Waals surface area contributed by atoms with Gasteiger partial charge in [-0.1, -0.05) is 6.92 Å². The lowest BCUT2D eigenvalue weighted by atomic mass is 10.2. The lowest BCUT2D eigenvalue weighted by Gasteiger charge is -2.07. The van der Waals surface area contributed by atoms with E-state index in [1.807, 2.05) is 31.2 Å². The van der Waals surface area contributed by atoms with Crippen molar-refractivity contribution in [2.45, 2.75) is 19.2 Å². The van der Waals surface area contributed by atoms with E-state index in [1.165, 1.54) is 0 Å². The molecule has 0 bridgehead atoms. The highest BCUT2D eigenvalue weighted by Crippen LogP contribution is 2.21. The Bertz CT molecular complexity index is 466. The van der Waals surface area contributed by atoms with E-state index in [0.29, 0.717) is 17.5 Å². The van der Waals surface area contributed by atoms with Crippen LogP contribution in [0.4, 0.5) is 0 Å². The molecule has 0 N–H and O–H groups in total. The Labute approximate surface area is 105 Å². The predicted octanol–water partition coefficient (Wildman–Crippen LogP) is 3.57. The maximum atomic E-state index is 5.84. The molecule has 3 nitrogen and oxygen atoms in total. The first-order valence-corrected chi connectivity index (χ1v) is 5.99. The van der Waals surface area contributed by atoms with Crippen LogP contribution in [0.15, 0.2) is 36.7 Å². The zero-order valence-corrected chi connectivity index (χ0v) is 10.3. The number of halogens is 1. The Morgan fingerprint density at radius 3 is 2.88 bits per heavy atom. The molecule has 0 atom stereocenters. The second kappa shape index (κ2) is 5.64. The summed E-state index contributed by atoms with van der Waals surface area (Å²) in [6.45, 7) is 2.05. The summed E-state index contributed by atoms with van der Waals surface area (Å²) in [7, 11) is 0. The van der Waals surface area contributed by atoms with Crippen molar-refractivity contribution in [1.82, 2.24) is 9.97 Å². The molecule has 17 heavy (non-hydrogen) atoms. The van der Waals surface area contributed by atoms with Crippen molar-refractivity contribution in [2.75, 3.05) is 0 Å². The van der Waals surface area contributed by atoms with E-state index in [9.17, 15) is 0 Å². The fourth-order valence-electron chi connectivity index (χ4n) is 1.46. The van der Waals surface area contributed by atoms with E-state index in [2.05, 4.69) is 9.97 Å². The van der Waals surface area contributed by atoms with E-state index in [-0.39, 0.29) is 0 Å². The molecule has 0 radical (unpaired) electrons. The molecule has 0 fully saturated rings. The number of aryl methyl sites for hydroxylation is 1. The first kappa shape index (κ1) is 11.9. The molecular formula is C13H13ClN2O. The maximum absolute atomic E-state index is 5.84. The van der Waals surface area contributed by atoms with E-state index >= 15 is 0 Å². The van der Waals surface area contributed by atoms with Crippen molar-refractivity contribution < 1.29 is 4.74 Å². The summed E-state index contributed by atoms with van der Waals surface area (Å²) >= 11 is 5.84. The Balaban J connectivity index is 2.26. The molecule has 0 saturated heterocycles. The Kier molecular flexibility index (Phi) is 3.94. The van der Waals surface area contributed by atoms with Gasteiger partial charge in [0.2, 0.25) is 5.88 Å². The first-order chi connectivity index (χ1) is 8.31. The predicted molar refractivity (Wildman–Crippen MR) is 67.5 cm³/mol. The van der Waals surface area contributed by atoms with Crippen LogP contribution in [0, 0.1) is 0 Å². The summed E-state index contributed by atoms with van der Waals surface area (Å²) in [6, 6.07) is 7.50. The summed E-state index contributed by atoms with van der Waals surface area (Å²) in [5.74, 6) is 1.70. The van der Waals surface area contributed by atoms with Crippen LogP contribution in [0.5, 0.6) is 11.6 Å². The van der Waals surface area contributed by atoms with Crippen molar-refractivity contribution in [3.63, 3.8) is 0 Å². The molecular weight excluding hydrogens is 236 g/mol. The summed E-state index contributed by atoms with van der Waals surface area (Å²) in [5, 5.41) is 0. The topological polar surface area (TPSA) is 35.0 Å². The van der Waals surface area contributed by atoms with Gasteiger partial charge in [0.25, 0.3) is 0 Å². The molecule has 2 aromatic heterocycles. The third-order valence-electron chi connectivity index (χ3n) is 2.29. The monoisotopic (exact) mass is 248 g/mol. The molecule has 4 heteroatoms. The molecule has 0 unspecified atom stereocenters. The van der Waals surface area contributed by atoms with Gasteiger partial charge in [0.15, 0.2) is 0 Å². The van der Waals surface area contributed by atoms with Gasteiger partial charge in [-0.05, 0) is 30.2 Å². The lowest BCUT2D eigenvalue weighted by molar-refractivity contribution is 0.458. The number of pyridine rings is 2. The van der Waals surface area contributed by atoms with E-state index in [0.717, 1.165) is 17.7 Å². The van der Waals surface area contributed by atoms with Crippen LogP contribution in [0.3, 0.4) is 0 Å². The third kappa shape index (κ3) is 3.17. The van der Waals surface area contributed by atoms with Crippen molar-refractivity contribution in [1.29, 1.82) is 0 Å². The number of hydrogen-bond acceptors (Lipinski definition) is 3. The van der Waals surface area contributed by atoms with Crippen LogP contribution in [0.2, 0.25) is 0 Å². The van der Waals surface area contributed by atoms with Gasteiger partial charge in [-0.25, -0.2) is 4.98 Å². The van der Waals surface area contributed by atoms with Gasteiger partial charge in [-0.15, -0.1) is 11.6 Å². The van der Waals surface area contributed by atoms with Crippen LogP contribution in [0.25, 0.3) is 0 Å². The Morgan fingerprint density at radius 2 is 2.24 bits per heavy atom. The minimum atomic E-state index is 0.457. The number of alkyl halides is 1. The Hall–Kier alpha value is -1.61. The van der Waals surface area contributed by atoms with Gasteiger partial charge in [-0.3, -0.25) is 4.98 Å². The standard InChI is InChI=1S/C13H13ClN2O/c1-2-11-6-10(8-14)7-13(16-11)17-12-4-3-5-15-9-12/h3-7,9H,2,8H2,1H3. The van der Waals surface area contributed by atoms with Crippen LogP contribution < -0.4 is 4.74 Å². The van der Waals surface area contributed by atoms with E-state index in [1.54, 1.807) is 12.4 Å². The molecule has 0 aliphatic carbocycles. The highest BCUT2D eigenvalue weighted by molar-refractivity contribution is 6.17. The second-order valence-corrected chi connectivity index (χ2v) is 3.85. The minimum Gasteiger partial charge on any atom is -0.437 e. The van der Waals surface area contributed by atoms with Gasteiger partial charge in [0, 0.05) is 23.8 Å².